The summed E-state index contributed by atoms with van der Waals surface area (Å²) >= 11 is 3.58. The van der Waals surface area contributed by atoms with E-state index in [0.717, 1.165) is 16.1 Å². The molecule has 0 saturated carbocycles. The molecule has 0 aliphatic carbocycles. The fourth-order valence-corrected chi connectivity index (χ4v) is 6.73. The molecule has 1 aromatic heterocycles. The van der Waals surface area contributed by atoms with Crippen molar-refractivity contribution in [2.75, 3.05) is 4.90 Å². The second kappa shape index (κ2) is 8.42. The van der Waals surface area contributed by atoms with Gasteiger partial charge < -0.3 is 4.90 Å². The van der Waals surface area contributed by atoms with Crippen molar-refractivity contribution in [3.05, 3.63) is 121 Å². The second-order valence-corrected chi connectivity index (χ2v) is 10.6. The van der Waals surface area contributed by atoms with Gasteiger partial charge in [0, 0.05) is 20.9 Å². The fraction of sp³-hybridized carbons (Fsp3) is 0. The Balaban J connectivity index is 1.41. The molecule has 0 radical (unpaired) electrons. The summed E-state index contributed by atoms with van der Waals surface area (Å²) in [4.78, 5) is 9.80. The first kappa shape index (κ1) is 20.5. The summed E-state index contributed by atoms with van der Waals surface area (Å²) in [6.07, 6.45) is 0. The Morgan fingerprint density at radius 1 is 0.543 bits per heavy atom. The molecule has 166 valence electrons. The number of para-hydroxylation sites is 3. The molecule has 5 aromatic carbocycles. The summed E-state index contributed by atoms with van der Waals surface area (Å²) in [5.41, 5.74) is 8.24. The lowest BCUT2D eigenvalue weighted by atomic mass is 10.0. The van der Waals surface area contributed by atoms with Crippen molar-refractivity contribution in [3.8, 4) is 21.7 Å². The Labute approximate surface area is 212 Å². The minimum Gasteiger partial charge on any atom is -0.308 e. The highest BCUT2D eigenvalue weighted by Crippen LogP contribution is 2.53. The third kappa shape index (κ3) is 3.54. The van der Waals surface area contributed by atoms with Gasteiger partial charge in [-0.1, -0.05) is 84.6 Å². The maximum absolute atomic E-state index is 4.90. The predicted molar refractivity (Wildman–Crippen MR) is 149 cm³/mol. The van der Waals surface area contributed by atoms with E-state index in [1.807, 2.05) is 17.8 Å². The van der Waals surface area contributed by atoms with Gasteiger partial charge in [-0.3, -0.25) is 0 Å². The predicted octanol–water partition coefficient (Wildman–Crippen LogP) is 9.56. The number of hydrogen-bond acceptors (Lipinski definition) is 4. The van der Waals surface area contributed by atoms with Crippen molar-refractivity contribution in [3.63, 3.8) is 0 Å². The molecule has 0 saturated heterocycles. The minimum absolute atomic E-state index is 1.06. The highest BCUT2D eigenvalue weighted by Gasteiger charge is 2.27. The van der Waals surface area contributed by atoms with Crippen molar-refractivity contribution < 1.29 is 0 Å². The lowest BCUT2D eigenvalue weighted by molar-refractivity contribution is 1.17. The van der Waals surface area contributed by atoms with Crippen LogP contribution in [0.4, 0.5) is 17.1 Å². The molecule has 0 amide bonds. The second-order valence-electron chi connectivity index (χ2n) is 8.46. The zero-order valence-corrected chi connectivity index (χ0v) is 20.4. The van der Waals surface area contributed by atoms with Crippen molar-refractivity contribution in [1.29, 1.82) is 0 Å². The summed E-state index contributed by atoms with van der Waals surface area (Å²) in [5, 5.41) is 1.06. The van der Waals surface area contributed by atoms with Gasteiger partial charge in [0.1, 0.15) is 5.01 Å². The van der Waals surface area contributed by atoms with Gasteiger partial charge in [-0.05, 0) is 54.1 Å². The number of anilines is 3. The summed E-state index contributed by atoms with van der Waals surface area (Å²) in [6, 6.07) is 43.1. The zero-order valence-electron chi connectivity index (χ0n) is 18.8. The Kier molecular flexibility index (Phi) is 4.93. The topological polar surface area (TPSA) is 16.1 Å². The molecule has 2 nitrogen and oxygen atoms in total. The largest absolute Gasteiger partial charge is 0.308 e. The number of thiazole rings is 1. The van der Waals surface area contributed by atoms with Gasteiger partial charge in [0.2, 0.25) is 0 Å². The molecule has 6 aromatic rings. The van der Waals surface area contributed by atoms with Crippen LogP contribution in [0.15, 0.2) is 131 Å². The van der Waals surface area contributed by atoms with Crippen LogP contribution in [0.3, 0.4) is 0 Å². The molecule has 0 N–H and O–H groups in total. The first-order chi connectivity index (χ1) is 17.3. The van der Waals surface area contributed by atoms with Crippen LogP contribution in [-0.4, -0.2) is 4.98 Å². The van der Waals surface area contributed by atoms with Crippen LogP contribution in [0, 0.1) is 0 Å². The summed E-state index contributed by atoms with van der Waals surface area (Å²) < 4.78 is 1.22. The van der Waals surface area contributed by atoms with E-state index in [1.165, 1.54) is 42.7 Å². The molecule has 0 bridgehead atoms. The molecule has 0 unspecified atom stereocenters. The van der Waals surface area contributed by atoms with Crippen molar-refractivity contribution in [1.82, 2.24) is 4.98 Å². The van der Waals surface area contributed by atoms with Crippen LogP contribution in [-0.2, 0) is 0 Å². The van der Waals surface area contributed by atoms with E-state index in [0.29, 0.717) is 0 Å². The molecular formula is C31H20N2S2. The van der Waals surface area contributed by atoms with Gasteiger partial charge in [0.25, 0.3) is 0 Å². The molecule has 1 aliphatic heterocycles. The third-order valence-corrected chi connectivity index (χ3v) is 8.49. The quantitative estimate of drug-likeness (QED) is 0.248. The molecule has 35 heavy (non-hydrogen) atoms. The average molecular weight is 485 g/mol. The maximum Gasteiger partial charge on any atom is 0.124 e. The molecule has 1 aliphatic rings. The fourth-order valence-electron chi connectivity index (χ4n) is 4.68. The van der Waals surface area contributed by atoms with Gasteiger partial charge in [-0.25, -0.2) is 4.98 Å². The lowest BCUT2D eigenvalue weighted by Crippen LogP contribution is -2.15. The smallest absolute Gasteiger partial charge is 0.124 e. The van der Waals surface area contributed by atoms with Crippen LogP contribution >= 0.6 is 23.1 Å². The van der Waals surface area contributed by atoms with Crippen LogP contribution in [0.5, 0.6) is 0 Å². The number of nitrogens with zero attached hydrogens (tertiary/aromatic N) is 2. The molecule has 0 fully saturated rings. The van der Waals surface area contributed by atoms with E-state index in [9.17, 15) is 0 Å². The van der Waals surface area contributed by atoms with Crippen molar-refractivity contribution in [2.45, 2.75) is 9.79 Å². The number of fused-ring (bicyclic) bond motifs is 3. The van der Waals surface area contributed by atoms with Crippen LogP contribution in [0.25, 0.3) is 31.9 Å². The SMILES string of the molecule is c1ccc(-c2ccccc2N2c3ccccc3Sc3cc(-c4nc5ccccc5s4)ccc32)cc1. The summed E-state index contributed by atoms with van der Waals surface area (Å²) in [7, 11) is 0. The average Bonchev–Trinajstić information content (AvgIpc) is 3.36. The highest BCUT2D eigenvalue weighted by atomic mass is 32.2. The summed E-state index contributed by atoms with van der Waals surface area (Å²) in [6.45, 7) is 0. The molecular weight excluding hydrogens is 464 g/mol. The van der Waals surface area contributed by atoms with Gasteiger partial charge in [-0.2, -0.15) is 0 Å². The maximum atomic E-state index is 4.90. The molecule has 2 heterocycles. The highest BCUT2D eigenvalue weighted by molar-refractivity contribution is 7.99. The van der Waals surface area contributed by atoms with E-state index in [1.54, 1.807) is 11.3 Å². The Bertz CT molecular complexity index is 1650. The number of rotatable bonds is 3. The van der Waals surface area contributed by atoms with Crippen LogP contribution < -0.4 is 4.90 Å². The number of benzene rings is 5. The zero-order chi connectivity index (χ0) is 23.2. The van der Waals surface area contributed by atoms with Gasteiger partial charge in [-0.15, -0.1) is 11.3 Å². The van der Waals surface area contributed by atoms with E-state index < -0.39 is 0 Å². The lowest BCUT2D eigenvalue weighted by Gasteiger charge is -2.34. The van der Waals surface area contributed by atoms with Gasteiger partial charge in [0.15, 0.2) is 0 Å². The van der Waals surface area contributed by atoms with E-state index in [4.69, 9.17) is 4.98 Å². The third-order valence-electron chi connectivity index (χ3n) is 6.30. The molecule has 0 atom stereocenters. The Morgan fingerprint density at radius 3 is 2.14 bits per heavy atom. The minimum atomic E-state index is 1.06. The van der Waals surface area contributed by atoms with E-state index >= 15 is 0 Å². The Morgan fingerprint density at radius 2 is 1.26 bits per heavy atom. The van der Waals surface area contributed by atoms with Gasteiger partial charge in [0.05, 0.1) is 27.3 Å². The monoisotopic (exact) mass is 484 g/mol. The van der Waals surface area contributed by atoms with Crippen molar-refractivity contribution >= 4 is 50.4 Å². The van der Waals surface area contributed by atoms with Crippen LogP contribution in [0.2, 0.25) is 0 Å². The van der Waals surface area contributed by atoms with Crippen molar-refractivity contribution in [2.24, 2.45) is 0 Å². The Hall–Kier alpha value is -3.86. The molecule has 0 spiro atoms. The number of hydrogen-bond donors (Lipinski definition) is 0. The standard InChI is InChI=1S/C31H20N2S2/c1-2-10-21(11-3-1)23-12-4-6-14-25(23)33-26-15-7-9-17-29(26)34-30-20-22(18-19-27(30)33)31-32-24-13-5-8-16-28(24)35-31/h1-20H. The molecule has 7 rings (SSSR count). The van der Waals surface area contributed by atoms with E-state index in [-0.39, 0.29) is 0 Å². The van der Waals surface area contributed by atoms with E-state index in [2.05, 4.69) is 120 Å². The molecule has 4 heteroatoms. The number of aromatic nitrogens is 1. The summed E-state index contributed by atoms with van der Waals surface area (Å²) in [5.74, 6) is 0. The first-order valence-electron chi connectivity index (χ1n) is 11.6. The first-order valence-corrected chi connectivity index (χ1v) is 13.2. The van der Waals surface area contributed by atoms with Crippen LogP contribution in [0.1, 0.15) is 0 Å². The normalized spacial score (nSPS) is 12.4. The van der Waals surface area contributed by atoms with Gasteiger partial charge >= 0.3 is 0 Å².